The summed E-state index contributed by atoms with van der Waals surface area (Å²) in [5.41, 5.74) is 0. The van der Waals surface area contributed by atoms with Gasteiger partial charge in [0.15, 0.2) is 5.82 Å². The maximum atomic E-state index is 12.4. The number of anilines is 1. The van der Waals surface area contributed by atoms with Crippen LogP contribution in [-0.2, 0) is 4.79 Å². The van der Waals surface area contributed by atoms with Crippen LogP contribution in [0.25, 0.3) is 0 Å². The Balaban J connectivity index is 1.52. The van der Waals surface area contributed by atoms with Gasteiger partial charge >= 0.3 is 0 Å². The molecule has 0 bridgehead atoms. The van der Waals surface area contributed by atoms with Crippen LogP contribution in [0.4, 0.5) is 5.82 Å². The predicted molar refractivity (Wildman–Crippen MR) is 82.9 cm³/mol. The Kier molecular flexibility index (Phi) is 4.50. The van der Waals surface area contributed by atoms with Gasteiger partial charge in [-0.2, -0.15) is 4.98 Å². The molecule has 8 heteroatoms. The van der Waals surface area contributed by atoms with Gasteiger partial charge in [0, 0.05) is 38.4 Å². The molecule has 0 aliphatic carbocycles. The SMILES string of the molecule is Cc1noc(C2CCN(C(=O)CN(C)c3cnccn3)CC2)n1. The summed E-state index contributed by atoms with van der Waals surface area (Å²) < 4.78 is 5.23. The molecule has 0 saturated carbocycles. The van der Waals surface area contributed by atoms with Gasteiger partial charge in [0.1, 0.15) is 5.82 Å². The average Bonchev–Trinajstić information content (AvgIpc) is 3.02. The maximum absolute atomic E-state index is 12.4. The summed E-state index contributed by atoms with van der Waals surface area (Å²) in [6.45, 7) is 3.52. The second-order valence-electron chi connectivity index (χ2n) is 5.75. The summed E-state index contributed by atoms with van der Waals surface area (Å²) in [6, 6.07) is 0. The van der Waals surface area contributed by atoms with Crippen LogP contribution in [0.5, 0.6) is 0 Å². The van der Waals surface area contributed by atoms with Gasteiger partial charge < -0.3 is 14.3 Å². The van der Waals surface area contributed by atoms with E-state index in [9.17, 15) is 4.79 Å². The van der Waals surface area contributed by atoms with Crippen LogP contribution in [-0.4, -0.2) is 57.6 Å². The van der Waals surface area contributed by atoms with Crippen LogP contribution in [0.3, 0.4) is 0 Å². The van der Waals surface area contributed by atoms with Crippen molar-refractivity contribution in [2.75, 3.05) is 31.6 Å². The first-order valence-electron chi connectivity index (χ1n) is 7.68. The third-order valence-corrected chi connectivity index (χ3v) is 4.05. The predicted octanol–water partition coefficient (Wildman–Crippen LogP) is 1.01. The molecule has 3 rings (SSSR count). The van der Waals surface area contributed by atoms with Crippen molar-refractivity contribution in [2.45, 2.75) is 25.7 Å². The number of rotatable bonds is 4. The molecule has 2 aromatic rings. The summed E-state index contributed by atoms with van der Waals surface area (Å²) >= 11 is 0. The molecule has 1 aliphatic rings. The lowest BCUT2D eigenvalue weighted by atomic mass is 9.97. The van der Waals surface area contributed by atoms with Gasteiger partial charge in [0.25, 0.3) is 0 Å². The highest BCUT2D eigenvalue weighted by atomic mass is 16.5. The lowest BCUT2D eigenvalue weighted by Crippen LogP contribution is -2.43. The van der Waals surface area contributed by atoms with E-state index in [4.69, 9.17) is 4.52 Å². The Morgan fingerprint density at radius 3 is 2.78 bits per heavy atom. The zero-order chi connectivity index (χ0) is 16.2. The zero-order valence-corrected chi connectivity index (χ0v) is 13.3. The molecular formula is C15H20N6O2. The standard InChI is InChI=1S/C15H20N6O2/c1-11-18-15(23-19-11)12-3-7-21(8-4-12)14(22)10-20(2)13-9-16-5-6-17-13/h5-6,9,12H,3-4,7-8,10H2,1-2H3. The summed E-state index contributed by atoms with van der Waals surface area (Å²) in [7, 11) is 1.84. The number of nitrogens with zero attached hydrogens (tertiary/aromatic N) is 6. The average molecular weight is 316 g/mol. The van der Waals surface area contributed by atoms with Crippen molar-refractivity contribution in [1.29, 1.82) is 0 Å². The van der Waals surface area contributed by atoms with Gasteiger partial charge in [-0.3, -0.25) is 9.78 Å². The first-order valence-corrected chi connectivity index (χ1v) is 7.68. The van der Waals surface area contributed by atoms with E-state index in [1.807, 2.05) is 23.8 Å². The maximum Gasteiger partial charge on any atom is 0.242 e. The van der Waals surface area contributed by atoms with Gasteiger partial charge in [-0.1, -0.05) is 5.16 Å². The van der Waals surface area contributed by atoms with Crippen LogP contribution in [0.1, 0.15) is 30.5 Å². The highest BCUT2D eigenvalue weighted by Gasteiger charge is 2.27. The minimum Gasteiger partial charge on any atom is -0.349 e. The summed E-state index contributed by atoms with van der Waals surface area (Å²) in [6.07, 6.45) is 6.58. The molecule has 0 radical (unpaired) electrons. The van der Waals surface area contributed by atoms with E-state index in [1.165, 1.54) is 0 Å². The molecule has 0 aromatic carbocycles. The molecule has 0 atom stereocenters. The number of piperidine rings is 1. The highest BCUT2D eigenvalue weighted by Crippen LogP contribution is 2.26. The molecule has 3 heterocycles. The Labute approximate surface area is 134 Å². The smallest absolute Gasteiger partial charge is 0.242 e. The van der Waals surface area contributed by atoms with Crippen LogP contribution in [0.2, 0.25) is 0 Å². The number of carbonyl (C=O) groups excluding carboxylic acids is 1. The third-order valence-electron chi connectivity index (χ3n) is 4.05. The van der Waals surface area contributed by atoms with Crippen molar-refractivity contribution in [1.82, 2.24) is 25.0 Å². The van der Waals surface area contributed by atoms with Gasteiger partial charge in [0.05, 0.1) is 12.7 Å². The minimum absolute atomic E-state index is 0.0957. The van der Waals surface area contributed by atoms with Crippen molar-refractivity contribution in [2.24, 2.45) is 0 Å². The van der Waals surface area contributed by atoms with Crippen molar-refractivity contribution in [3.63, 3.8) is 0 Å². The monoisotopic (exact) mass is 316 g/mol. The number of amides is 1. The summed E-state index contributed by atoms with van der Waals surface area (Å²) in [5.74, 6) is 2.38. The number of hydrogen-bond donors (Lipinski definition) is 0. The molecule has 1 aliphatic heterocycles. The number of hydrogen-bond acceptors (Lipinski definition) is 7. The van der Waals surface area contributed by atoms with E-state index in [0.717, 1.165) is 12.8 Å². The summed E-state index contributed by atoms with van der Waals surface area (Å²) in [4.78, 5) is 28.6. The van der Waals surface area contributed by atoms with Crippen LogP contribution in [0.15, 0.2) is 23.1 Å². The molecule has 8 nitrogen and oxygen atoms in total. The molecule has 0 unspecified atom stereocenters. The molecule has 0 N–H and O–H groups in total. The minimum atomic E-state index is 0.0957. The highest BCUT2D eigenvalue weighted by molar-refractivity contribution is 5.81. The Morgan fingerprint density at radius 1 is 1.39 bits per heavy atom. The quantitative estimate of drug-likeness (QED) is 0.831. The first-order chi connectivity index (χ1) is 11.1. The zero-order valence-electron chi connectivity index (χ0n) is 13.3. The number of aryl methyl sites for hydroxylation is 1. The lowest BCUT2D eigenvalue weighted by Gasteiger charge is -2.31. The summed E-state index contributed by atoms with van der Waals surface area (Å²) in [5, 5.41) is 3.83. The molecule has 1 fully saturated rings. The molecule has 0 spiro atoms. The van der Waals surface area contributed by atoms with Gasteiger partial charge in [-0.05, 0) is 19.8 Å². The van der Waals surface area contributed by atoms with Crippen LogP contribution >= 0.6 is 0 Å². The molecule has 1 amide bonds. The fraction of sp³-hybridized carbons (Fsp3) is 0.533. The fourth-order valence-corrected chi connectivity index (χ4v) is 2.73. The first kappa shape index (κ1) is 15.4. The second kappa shape index (κ2) is 6.72. The number of carbonyl (C=O) groups is 1. The normalized spacial score (nSPS) is 15.7. The van der Waals surface area contributed by atoms with Crippen molar-refractivity contribution in [3.8, 4) is 0 Å². The van der Waals surface area contributed by atoms with Crippen LogP contribution in [0, 0.1) is 6.92 Å². The van der Waals surface area contributed by atoms with E-state index in [2.05, 4.69) is 20.1 Å². The van der Waals surface area contributed by atoms with E-state index in [1.54, 1.807) is 18.6 Å². The van der Waals surface area contributed by atoms with Gasteiger partial charge in [-0.25, -0.2) is 4.98 Å². The van der Waals surface area contributed by atoms with E-state index >= 15 is 0 Å². The largest absolute Gasteiger partial charge is 0.349 e. The number of aromatic nitrogens is 4. The lowest BCUT2D eigenvalue weighted by molar-refractivity contribution is -0.130. The molecule has 23 heavy (non-hydrogen) atoms. The molecule has 122 valence electrons. The molecular weight excluding hydrogens is 296 g/mol. The van der Waals surface area contributed by atoms with E-state index < -0.39 is 0 Å². The van der Waals surface area contributed by atoms with Crippen molar-refractivity contribution in [3.05, 3.63) is 30.3 Å². The Hall–Kier alpha value is -2.51. The van der Waals surface area contributed by atoms with Crippen molar-refractivity contribution < 1.29 is 9.32 Å². The fourth-order valence-electron chi connectivity index (χ4n) is 2.73. The van der Waals surface area contributed by atoms with Gasteiger partial charge in [-0.15, -0.1) is 0 Å². The van der Waals surface area contributed by atoms with Crippen LogP contribution < -0.4 is 4.90 Å². The van der Waals surface area contributed by atoms with Gasteiger partial charge in [0.2, 0.25) is 11.8 Å². The van der Waals surface area contributed by atoms with E-state index in [-0.39, 0.29) is 11.8 Å². The topological polar surface area (TPSA) is 88.3 Å². The Morgan fingerprint density at radius 2 is 2.17 bits per heavy atom. The number of likely N-dealkylation sites (tertiary alicyclic amines) is 1. The van der Waals surface area contributed by atoms with Crippen molar-refractivity contribution >= 4 is 11.7 Å². The van der Waals surface area contributed by atoms with E-state index in [0.29, 0.717) is 37.2 Å². The third kappa shape index (κ3) is 3.64. The second-order valence-corrected chi connectivity index (χ2v) is 5.75. The Bertz CT molecular complexity index is 651. The molecule has 1 saturated heterocycles. The number of likely N-dealkylation sites (N-methyl/N-ethyl adjacent to an activating group) is 1. The molecule has 2 aromatic heterocycles.